The first-order valence-electron chi connectivity index (χ1n) is 7.41. The Bertz CT molecular complexity index is 463. The smallest absolute Gasteiger partial charge is 0.311 e. The quantitative estimate of drug-likeness (QED) is 0.530. The van der Waals surface area contributed by atoms with Gasteiger partial charge in [0, 0.05) is 24.2 Å². The first-order chi connectivity index (χ1) is 10.1. The zero-order chi connectivity index (χ0) is 15.7. The molecular weight excluding hydrogens is 272 g/mol. The molecule has 0 unspecified atom stereocenters. The highest BCUT2D eigenvalue weighted by atomic mass is 16.6. The van der Waals surface area contributed by atoms with Crippen LogP contribution in [-0.4, -0.2) is 24.7 Å². The van der Waals surface area contributed by atoms with Crippen LogP contribution in [0.15, 0.2) is 12.1 Å². The minimum Gasteiger partial charge on any atom is -0.493 e. The summed E-state index contributed by atoms with van der Waals surface area (Å²) in [5, 5.41) is 14.4. The molecule has 0 spiro atoms. The molecule has 118 valence electrons. The monoisotopic (exact) mass is 296 g/mol. The van der Waals surface area contributed by atoms with Crippen molar-refractivity contribution in [2.24, 2.45) is 0 Å². The lowest BCUT2D eigenvalue weighted by Crippen LogP contribution is -2.14. The van der Waals surface area contributed by atoms with Gasteiger partial charge in [-0.25, -0.2) is 0 Å². The molecular formula is C15H24N2O4. The predicted molar refractivity (Wildman–Crippen MR) is 82.0 cm³/mol. The Balaban J connectivity index is 3.13. The van der Waals surface area contributed by atoms with Gasteiger partial charge >= 0.3 is 5.69 Å². The topological polar surface area (TPSA) is 73.6 Å². The van der Waals surface area contributed by atoms with Gasteiger partial charge in [0.25, 0.3) is 0 Å². The van der Waals surface area contributed by atoms with Crippen LogP contribution in [0.25, 0.3) is 0 Å². The number of nitrogens with one attached hydrogen (secondary N) is 1. The summed E-state index contributed by atoms with van der Waals surface area (Å²) in [7, 11) is 0. The van der Waals surface area contributed by atoms with Gasteiger partial charge in [0.15, 0.2) is 0 Å². The summed E-state index contributed by atoms with van der Waals surface area (Å²) in [5.74, 6) is 0.919. The van der Waals surface area contributed by atoms with Gasteiger partial charge in [0.05, 0.1) is 18.1 Å². The maximum atomic E-state index is 11.2. The van der Waals surface area contributed by atoms with Gasteiger partial charge in [-0.15, -0.1) is 0 Å². The predicted octanol–water partition coefficient (Wildman–Crippen LogP) is 3.28. The van der Waals surface area contributed by atoms with E-state index in [0.717, 1.165) is 24.9 Å². The number of ether oxygens (including phenoxy) is 2. The second-order valence-corrected chi connectivity index (χ2v) is 4.66. The molecule has 0 aromatic heterocycles. The lowest BCUT2D eigenvalue weighted by molar-refractivity contribution is -0.386. The first kappa shape index (κ1) is 17.2. The molecule has 6 nitrogen and oxygen atoms in total. The Labute approximate surface area is 125 Å². The van der Waals surface area contributed by atoms with E-state index in [0.29, 0.717) is 25.5 Å². The Hall–Kier alpha value is -1.82. The van der Waals surface area contributed by atoms with Gasteiger partial charge in [0.2, 0.25) is 5.75 Å². The molecule has 1 aromatic rings. The number of nitro groups is 1. The molecule has 0 saturated heterocycles. The molecule has 0 aliphatic rings. The van der Waals surface area contributed by atoms with Crippen LogP contribution in [0.3, 0.4) is 0 Å². The van der Waals surface area contributed by atoms with Gasteiger partial charge in [-0.05, 0) is 19.4 Å². The minimum atomic E-state index is -0.413. The summed E-state index contributed by atoms with van der Waals surface area (Å²) in [6.07, 6.45) is 1.67. The molecule has 1 N–H and O–H groups in total. The number of nitrogens with zero attached hydrogens (tertiary/aromatic N) is 1. The van der Waals surface area contributed by atoms with Crippen molar-refractivity contribution in [1.82, 2.24) is 5.32 Å². The molecule has 0 amide bonds. The third-order valence-corrected chi connectivity index (χ3v) is 2.83. The Kier molecular flexibility index (Phi) is 7.53. The highest BCUT2D eigenvalue weighted by Crippen LogP contribution is 2.35. The van der Waals surface area contributed by atoms with Crippen LogP contribution in [0.4, 0.5) is 5.69 Å². The lowest BCUT2D eigenvalue weighted by Gasteiger charge is -2.14. The van der Waals surface area contributed by atoms with E-state index >= 15 is 0 Å². The average Bonchev–Trinajstić information content (AvgIpc) is 2.48. The van der Waals surface area contributed by atoms with Crippen LogP contribution in [-0.2, 0) is 6.54 Å². The van der Waals surface area contributed by atoms with Crippen LogP contribution in [0.2, 0.25) is 0 Å². The minimum absolute atomic E-state index is 0.0137. The van der Waals surface area contributed by atoms with Gasteiger partial charge in [-0.1, -0.05) is 20.8 Å². The van der Waals surface area contributed by atoms with Gasteiger partial charge in [-0.3, -0.25) is 10.1 Å². The van der Waals surface area contributed by atoms with E-state index in [1.807, 2.05) is 20.8 Å². The van der Waals surface area contributed by atoms with Crippen LogP contribution in [0, 0.1) is 10.1 Å². The zero-order valence-corrected chi connectivity index (χ0v) is 13.0. The second-order valence-electron chi connectivity index (χ2n) is 4.66. The fourth-order valence-corrected chi connectivity index (χ4v) is 1.81. The summed E-state index contributed by atoms with van der Waals surface area (Å²) < 4.78 is 11.2. The molecule has 0 aliphatic carbocycles. The highest BCUT2D eigenvalue weighted by Gasteiger charge is 2.20. The van der Waals surface area contributed by atoms with Crippen LogP contribution in [0.5, 0.6) is 11.5 Å². The maximum absolute atomic E-state index is 11.2. The lowest BCUT2D eigenvalue weighted by atomic mass is 10.1. The molecule has 0 radical (unpaired) electrons. The molecule has 1 rings (SSSR count). The SMILES string of the molecule is CCCOc1cc(OCCC)c([N+](=O)[O-])cc1CNCC. The normalized spacial score (nSPS) is 10.4. The third kappa shape index (κ3) is 5.23. The molecule has 21 heavy (non-hydrogen) atoms. The molecule has 6 heteroatoms. The van der Waals surface area contributed by atoms with E-state index in [4.69, 9.17) is 9.47 Å². The Morgan fingerprint density at radius 3 is 2.24 bits per heavy atom. The van der Waals surface area contributed by atoms with Crippen molar-refractivity contribution in [3.05, 3.63) is 27.8 Å². The van der Waals surface area contributed by atoms with E-state index in [-0.39, 0.29) is 11.4 Å². The summed E-state index contributed by atoms with van der Waals surface area (Å²) in [6.45, 7) is 8.30. The number of benzene rings is 1. The average molecular weight is 296 g/mol. The molecule has 0 atom stereocenters. The largest absolute Gasteiger partial charge is 0.493 e. The van der Waals surface area contributed by atoms with Crippen molar-refractivity contribution < 1.29 is 14.4 Å². The maximum Gasteiger partial charge on any atom is 0.311 e. The van der Waals surface area contributed by atoms with E-state index in [1.54, 1.807) is 12.1 Å². The molecule has 0 bridgehead atoms. The molecule has 0 saturated carbocycles. The van der Waals surface area contributed by atoms with Crippen LogP contribution >= 0.6 is 0 Å². The van der Waals surface area contributed by atoms with E-state index in [2.05, 4.69) is 5.32 Å². The summed E-state index contributed by atoms with van der Waals surface area (Å²) >= 11 is 0. The second kappa shape index (κ2) is 9.18. The zero-order valence-electron chi connectivity index (χ0n) is 13.0. The Morgan fingerprint density at radius 1 is 1.10 bits per heavy atom. The number of nitro benzene ring substituents is 1. The van der Waals surface area contributed by atoms with E-state index in [1.165, 1.54) is 0 Å². The Morgan fingerprint density at radius 2 is 1.71 bits per heavy atom. The van der Waals surface area contributed by atoms with Crippen molar-refractivity contribution in [2.45, 2.75) is 40.2 Å². The fourth-order valence-electron chi connectivity index (χ4n) is 1.81. The van der Waals surface area contributed by atoms with Crippen molar-refractivity contribution in [3.63, 3.8) is 0 Å². The highest BCUT2D eigenvalue weighted by molar-refractivity contribution is 5.55. The van der Waals surface area contributed by atoms with Gasteiger partial charge < -0.3 is 14.8 Å². The third-order valence-electron chi connectivity index (χ3n) is 2.83. The number of hydrogen-bond donors (Lipinski definition) is 1. The van der Waals surface area contributed by atoms with Crippen molar-refractivity contribution in [1.29, 1.82) is 0 Å². The molecule has 0 fully saturated rings. The molecule has 0 heterocycles. The van der Waals surface area contributed by atoms with Crippen LogP contribution in [0.1, 0.15) is 39.2 Å². The summed E-state index contributed by atoms with van der Waals surface area (Å²) in [6, 6.07) is 3.18. The van der Waals surface area contributed by atoms with Gasteiger partial charge in [-0.2, -0.15) is 0 Å². The van der Waals surface area contributed by atoms with E-state index < -0.39 is 4.92 Å². The summed E-state index contributed by atoms with van der Waals surface area (Å²) in [5.41, 5.74) is 0.765. The number of rotatable bonds is 10. The first-order valence-corrected chi connectivity index (χ1v) is 7.41. The fraction of sp³-hybridized carbons (Fsp3) is 0.600. The molecule has 1 aromatic carbocycles. The van der Waals surface area contributed by atoms with Crippen molar-refractivity contribution in [3.8, 4) is 11.5 Å². The molecule has 0 aliphatic heterocycles. The van der Waals surface area contributed by atoms with Crippen molar-refractivity contribution in [2.75, 3.05) is 19.8 Å². The van der Waals surface area contributed by atoms with Crippen LogP contribution < -0.4 is 14.8 Å². The van der Waals surface area contributed by atoms with Crippen molar-refractivity contribution >= 4 is 5.69 Å². The summed E-state index contributed by atoms with van der Waals surface area (Å²) in [4.78, 5) is 10.8. The van der Waals surface area contributed by atoms with E-state index in [9.17, 15) is 10.1 Å². The standard InChI is InChI=1S/C15H24N2O4/c1-4-7-20-14-10-15(21-8-5-2)13(17(18)19)9-12(14)11-16-6-3/h9-10,16H,4-8,11H2,1-3H3. The van der Waals surface area contributed by atoms with Gasteiger partial charge in [0.1, 0.15) is 5.75 Å². The number of hydrogen-bond acceptors (Lipinski definition) is 5.